The Morgan fingerprint density at radius 1 is 1.10 bits per heavy atom. The lowest BCUT2D eigenvalue weighted by molar-refractivity contribution is 0.177. The minimum atomic E-state index is -0.949. The van der Waals surface area contributed by atoms with Gasteiger partial charge in [-0.05, 0) is 29.8 Å². The van der Waals surface area contributed by atoms with Crippen LogP contribution in [0, 0.1) is 11.6 Å². The van der Waals surface area contributed by atoms with Gasteiger partial charge in [-0.15, -0.1) is 0 Å². The third-order valence-corrected chi connectivity index (χ3v) is 3.29. The van der Waals surface area contributed by atoms with Crippen molar-refractivity contribution in [2.24, 2.45) is 0 Å². The summed E-state index contributed by atoms with van der Waals surface area (Å²) in [5.41, 5.74) is 1.37. The molecule has 2 nitrogen and oxygen atoms in total. The molecule has 0 spiro atoms. The van der Waals surface area contributed by atoms with Gasteiger partial charge in [-0.1, -0.05) is 18.2 Å². The van der Waals surface area contributed by atoms with E-state index in [9.17, 15) is 13.9 Å². The van der Waals surface area contributed by atoms with Crippen LogP contribution in [0.4, 0.5) is 8.78 Å². The Morgan fingerprint density at radius 2 is 1.90 bits per heavy atom. The highest BCUT2D eigenvalue weighted by atomic mass is 19.1. The lowest BCUT2D eigenvalue weighted by Gasteiger charge is -2.10. The molecule has 1 unspecified atom stereocenters. The predicted octanol–water partition coefficient (Wildman–Crippen LogP) is 3.99. The first-order valence-corrected chi connectivity index (χ1v) is 6.23. The van der Waals surface area contributed by atoms with Gasteiger partial charge >= 0.3 is 0 Å². The van der Waals surface area contributed by atoms with E-state index in [2.05, 4.69) is 0 Å². The highest BCUT2D eigenvalue weighted by molar-refractivity contribution is 5.81. The molecule has 0 fully saturated rings. The molecule has 2 aromatic carbocycles. The summed E-state index contributed by atoms with van der Waals surface area (Å²) in [5.74, 6) is -1.05. The van der Waals surface area contributed by atoms with E-state index >= 15 is 0 Å². The topological polar surface area (TPSA) is 33.4 Å². The van der Waals surface area contributed by atoms with Gasteiger partial charge in [0.05, 0.1) is 12.4 Å². The van der Waals surface area contributed by atoms with E-state index in [1.165, 1.54) is 6.26 Å². The molecule has 0 amide bonds. The summed E-state index contributed by atoms with van der Waals surface area (Å²) in [6.07, 6.45) is 0.495. The number of hydrogen-bond acceptors (Lipinski definition) is 2. The maximum absolute atomic E-state index is 13.6. The van der Waals surface area contributed by atoms with Gasteiger partial charge in [0.25, 0.3) is 0 Å². The number of aliphatic hydroxyl groups is 1. The van der Waals surface area contributed by atoms with Crippen molar-refractivity contribution in [1.82, 2.24) is 0 Å². The maximum Gasteiger partial charge on any atom is 0.134 e. The molecule has 0 saturated carbocycles. The van der Waals surface area contributed by atoms with Crippen LogP contribution >= 0.6 is 0 Å². The lowest BCUT2D eigenvalue weighted by Crippen LogP contribution is -2.03. The van der Waals surface area contributed by atoms with E-state index in [0.717, 1.165) is 23.6 Å². The standard InChI is InChI=1S/C16H12F2O2/c17-11-5-6-14(18)10(7-11)8-15(19)13-9-20-16-4-2-1-3-12(13)16/h1-7,9,15,19H,8H2. The van der Waals surface area contributed by atoms with E-state index in [0.29, 0.717) is 11.1 Å². The van der Waals surface area contributed by atoms with Gasteiger partial charge in [-0.3, -0.25) is 0 Å². The summed E-state index contributed by atoms with van der Waals surface area (Å²) < 4.78 is 32.0. The number of hydrogen-bond donors (Lipinski definition) is 1. The van der Waals surface area contributed by atoms with Gasteiger partial charge in [0, 0.05) is 17.4 Å². The summed E-state index contributed by atoms with van der Waals surface area (Å²) in [6.45, 7) is 0. The summed E-state index contributed by atoms with van der Waals surface area (Å²) in [5, 5.41) is 11.0. The molecule has 1 heterocycles. The van der Waals surface area contributed by atoms with E-state index in [-0.39, 0.29) is 12.0 Å². The third-order valence-electron chi connectivity index (χ3n) is 3.29. The van der Waals surface area contributed by atoms with Crippen molar-refractivity contribution in [3.05, 3.63) is 71.5 Å². The monoisotopic (exact) mass is 274 g/mol. The van der Waals surface area contributed by atoms with Gasteiger partial charge in [0.15, 0.2) is 0 Å². The van der Waals surface area contributed by atoms with E-state index in [1.807, 2.05) is 18.2 Å². The van der Waals surface area contributed by atoms with Crippen molar-refractivity contribution in [2.75, 3.05) is 0 Å². The van der Waals surface area contributed by atoms with Crippen LogP contribution in [0.1, 0.15) is 17.2 Å². The smallest absolute Gasteiger partial charge is 0.134 e. The molecule has 102 valence electrons. The van der Waals surface area contributed by atoms with E-state index in [4.69, 9.17) is 4.42 Å². The molecule has 1 atom stereocenters. The Kier molecular flexibility index (Phi) is 3.24. The first kappa shape index (κ1) is 12.8. The van der Waals surface area contributed by atoms with Crippen molar-refractivity contribution in [2.45, 2.75) is 12.5 Å². The molecule has 0 saturated heterocycles. The SMILES string of the molecule is OC(Cc1cc(F)ccc1F)c1coc2ccccc12. The molecule has 1 aromatic heterocycles. The zero-order valence-electron chi connectivity index (χ0n) is 10.5. The fourth-order valence-corrected chi connectivity index (χ4v) is 2.27. The van der Waals surface area contributed by atoms with Crippen LogP contribution in [0.2, 0.25) is 0 Å². The number of halogens is 2. The minimum Gasteiger partial charge on any atom is -0.464 e. The highest BCUT2D eigenvalue weighted by Gasteiger charge is 2.17. The van der Waals surface area contributed by atoms with Gasteiger partial charge in [0.2, 0.25) is 0 Å². The Balaban J connectivity index is 1.93. The number of para-hydroxylation sites is 1. The fourth-order valence-electron chi connectivity index (χ4n) is 2.27. The molecule has 0 aliphatic heterocycles. The van der Waals surface area contributed by atoms with Crippen molar-refractivity contribution in [3.63, 3.8) is 0 Å². The number of aliphatic hydroxyl groups excluding tert-OH is 1. The van der Waals surface area contributed by atoms with Crippen molar-refractivity contribution < 1.29 is 18.3 Å². The van der Waals surface area contributed by atoms with Crippen LogP contribution in [0.5, 0.6) is 0 Å². The van der Waals surface area contributed by atoms with E-state index in [1.54, 1.807) is 6.07 Å². The third kappa shape index (κ3) is 2.30. The van der Waals surface area contributed by atoms with Gasteiger partial charge in [-0.25, -0.2) is 8.78 Å². The van der Waals surface area contributed by atoms with Gasteiger partial charge in [-0.2, -0.15) is 0 Å². The minimum absolute atomic E-state index is 0.00682. The Hall–Kier alpha value is -2.20. The molecule has 3 aromatic rings. The van der Waals surface area contributed by atoms with E-state index < -0.39 is 17.7 Å². The number of fused-ring (bicyclic) bond motifs is 1. The number of rotatable bonds is 3. The second-order valence-corrected chi connectivity index (χ2v) is 4.64. The normalized spacial score (nSPS) is 12.8. The summed E-state index contributed by atoms with van der Waals surface area (Å²) in [7, 11) is 0. The number of benzene rings is 2. The van der Waals surface area contributed by atoms with Crippen LogP contribution < -0.4 is 0 Å². The molecule has 0 bridgehead atoms. The zero-order valence-corrected chi connectivity index (χ0v) is 10.5. The highest BCUT2D eigenvalue weighted by Crippen LogP contribution is 2.29. The molecule has 0 aliphatic rings. The fraction of sp³-hybridized carbons (Fsp3) is 0.125. The Bertz CT molecular complexity index is 749. The molecule has 3 rings (SSSR count). The average Bonchev–Trinajstić information content (AvgIpc) is 2.87. The van der Waals surface area contributed by atoms with Crippen LogP contribution in [-0.4, -0.2) is 5.11 Å². The lowest BCUT2D eigenvalue weighted by atomic mass is 10.0. The number of furan rings is 1. The zero-order chi connectivity index (χ0) is 14.1. The molecular weight excluding hydrogens is 262 g/mol. The first-order chi connectivity index (χ1) is 9.65. The first-order valence-electron chi connectivity index (χ1n) is 6.23. The van der Waals surface area contributed by atoms with Crippen molar-refractivity contribution >= 4 is 11.0 Å². The van der Waals surface area contributed by atoms with Gasteiger partial charge < -0.3 is 9.52 Å². The van der Waals surface area contributed by atoms with Crippen LogP contribution in [0.25, 0.3) is 11.0 Å². The summed E-state index contributed by atoms with van der Waals surface area (Å²) in [4.78, 5) is 0. The largest absolute Gasteiger partial charge is 0.464 e. The maximum atomic E-state index is 13.6. The van der Waals surface area contributed by atoms with Gasteiger partial charge in [0.1, 0.15) is 17.2 Å². The molecule has 0 radical (unpaired) electrons. The van der Waals surface area contributed by atoms with Crippen LogP contribution in [0.15, 0.2) is 53.1 Å². The molecule has 4 heteroatoms. The average molecular weight is 274 g/mol. The molecular formula is C16H12F2O2. The van der Waals surface area contributed by atoms with Crippen LogP contribution in [-0.2, 0) is 6.42 Å². The second kappa shape index (κ2) is 5.06. The molecule has 0 aliphatic carbocycles. The summed E-state index contributed by atoms with van der Waals surface area (Å²) in [6, 6.07) is 10.5. The van der Waals surface area contributed by atoms with Crippen molar-refractivity contribution in [1.29, 1.82) is 0 Å². The Labute approximate surface area is 114 Å². The van der Waals surface area contributed by atoms with Crippen LogP contribution in [0.3, 0.4) is 0 Å². The quantitative estimate of drug-likeness (QED) is 0.783. The second-order valence-electron chi connectivity index (χ2n) is 4.64. The Morgan fingerprint density at radius 3 is 2.75 bits per heavy atom. The molecule has 20 heavy (non-hydrogen) atoms. The van der Waals surface area contributed by atoms with Crippen molar-refractivity contribution in [3.8, 4) is 0 Å². The molecule has 1 N–H and O–H groups in total. The predicted molar refractivity (Wildman–Crippen MR) is 71.2 cm³/mol. The summed E-state index contributed by atoms with van der Waals surface area (Å²) >= 11 is 0.